The lowest BCUT2D eigenvalue weighted by molar-refractivity contribution is -0.117. The molecule has 0 radical (unpaired) electrons. The van der Waals surface area contributed by atoms with Crippen LogP contribution in [0.4, 0.5) is 5.69 Å². The number of amides is 1. The summed E-state index contributed by atoms with van der Waals surface area (Å²) in [5, 5.41) is 20.7. The average molecular weight is 330 g/mol. The maximum atomic E-state index is 12.0. The van der Waals surface area contributed by atoms with Gasteiger partial charge < -0.3 is 20.3 Å². The number of rotatable bonds is 9. The number of benzene rings is 2. The summed E-state index contributed by atoms with van der Waals surface area (Å²) in [5.41, 5.74) is 0.661. The molecule has 0 heterocycles. The van der Waals surface area contributed by atoms with Crippen LogP contribution in [0, 0.1) is 0 Å². The first-order chi connectivity index (χ1) is 11.7. The van der Waals surface area contributed by atoms with E-state index in [4.69, 9.17) is 14.9 Å². The van der Waals surface area contributed by atoms with Crippen molar-refractivity contribution in [1.82, 2.24) is 4.90 Å². The minimum absolute atomic E-state index is 0.0567. The van der Waals surface area contributed by atoms with Gasteiger partial charge in [0, 0.05) is 18.8 Å². The Labute approximate surface area is 141 Å². The lowest BCUT2D eigenvalue weighted by atomic mass is 10.3. The summed E-state index contributed by atoms with van der Waals surface area (Å²) in [6.45, 7) is 0.691. The molecule has 0 fully saturated rings. The molecule has 24 heavy (non-hydrogen) atoms. The number of carbonyl (C=O) groups is 1. The number of aliphatic hydroxyl groups excluding tert-OH is 2. The third-order valence-electron chi connectivity index (χ3n) is 3.32. The maximum Gasteiger partial charge on any atom is 0.238 e. The molecule has 0 saturated heterocycles. The second kappa shape index (κ2) is 9.67. The fourth-order valence-electron chi connectivity index (χ4n) is 2.19. The highest BCUT2D eigenvalue weighted by Gasteiger charge is 2.10. The molecule has 128 valence electrons. The van der Waals surface area contributed by atoms with Crippen LogP contribution in [0.5, 0.6) is 11.5 Å². The topological polar surface area (TPSA) is 82.0 Å². The molecule has 0 saturated carbocycles. The molecule has 1 amide bonds. The molecule has 0 bridgehead atoms. The Balaban J connectivity index is 1.87. The van der Waals surface area contributed by atoms with Crippen LogP contribution in [0.15, 0.2) is 54.6 Å². The van der Waals surface area contributed by atoms with E-state index < -0.39 is 0 Å². The summed E-state index contributed by atoms with van der Waals surface area (Å²) in [7, 11) is 0. The van der Waals surface area contributed by atoms with Crippen molar-refractivity contribution < 1.29 is 19.7 Å². The van der Waals surface area contributed by atoms with E-state index in [-0.39, 0.29) is 25.7 Å². The number of aliphatic hydroxyl groups is 2. The summed E-state index contributed by atoms with van der Waals surface area (Å²) in [6.07, 6.45) is 0. The Morgan fingerprint density at radius 2 is 1.50 bits per heavy atom. The van der Waals surface area contributed by atoms with Crippen molar-refractivity contribution >= 4 is 11.6 Å². The maximum absolute atomic E-state index is 12.0. The van der Waals surface area contributed by atoms with Crippen molar-refractivity contribution in [3.63, 3.8) is 0 Å². The van der Waals surface area contributed by atoms with Gasteiger partial charge in [0.1, 0.15) is 11.5 Å². The predicted octanol–water partition coefficient (Wildman–Crippen LogP) is 1.70. The van der Waals surface area contributed by atoms with Crippen LogP contribution < -0.4 is 10.1 Å². The summed E-state index contributed by atoms with van der Waals surface area (Å²) in [4.78, 5) is 13.7. The lowest BCUT2D eigenvalue weighted by Crippen LogP contribution is -2.37. The van der Waals surface area contributed by atoms with Gasteiger partial charge in [-0.1, -0.05) is 18.2 Å². The van der Waals surface area contributed by atoms with Gasteiger partial charge in [-0.05, 0) is 36.4 Å². The molecule has 0 spiro atoms. The summed E-state index contributed by atoms with van der Waals surface area (Å²) in [5.74, 6) is 1.23. The Kier molecular flexibility index (Phi) is 7.22. The van der Waals surface area contributed by atoms with Crippen LogP contribution in [0.1, 0.15) is 0 Å². The summed E-state index contributed by atoms with van der Waals surface area (Å²) >= 11 is 0. The fraction of sp³-hybridized carbons (Fsp3) is 0.278. The largest absolute Gasteiger partial charge is 0.457 e. The highest BCUT2D eigenvalue weighted by atomic mass is 16.5. The third-order valence-corrected chi connectivity index (χ3v) is 3.32. The van der Waals surface area contributed by atoms with Crippen molar-refractivity contribution in [2.24, 2.45) is 0 Å². The van der Waals surface area contributed by atoms with Crippen molar-refractivity contribution in [2.75, 3.05) is 38.2 Å². The van der Waals surface area contributed by atoms with E-state index in [1.165, 1.54) is 0 Å². The Hall–Kier alpha value is -2.41. The van der Waals surface area contributed by atoms with Crippen LogP contribution in [-0.2, 0) is 4.79 Å². The molecular formula is C18H22N2O4. The van der Waals surface area contributed by atoms with E-state index in [0.29, 0.717) is 24.5 Å². The van der Waals surface area contributed by atoms with Gasteiger partial charge in [-0.2, -0.15) is 0 Å². The van der Waals surface area contributed by atoms with Gasteiger partial charge in [-0.3, -0.25) is 9.69 Å². The SMILES string of the molecule is O=C(CN(CCO)CCO)Nc1ccc(Oc2ccccc2)cc1. The van der Waals surface area contributed by atoms with Gasteiger partial charge in [0.2, 0.25) is 5.91 Å². The second-order valence-corrected chi connectivity index (χ2v) is 5.21. The minimum Gasteiger partial charge on any atom is -0.457 e. The van der Waals surface area contributed by atoms with Gasteiger partial charge in [-0.15, -0.1) is 0 Å². The predicted molar refractivity (Wildman–Crippen MR) is 92.2 cm³/mol. The summed E-state index contributed by atoms with van der Waals surface area (Å²) < 4.78 is 5.69. The Morgan fingerprint density at radius 1 is 0.917 bits per heavy atom. The quantitative estimate of drug-likeness (QED) is 0.652. The first kappa shape index (κ1) is 17.9. The van der Waals surface area contributed by atoms with Crippen LogP contribution >= 0.6 is 0 Å². The molecule has 0 atom stereocenters. The molecule has 3 N–H and O–H groups in total. The first-order valence-corrected chi connectivity index (χ1v) is 7.78. The number of para-hydroxylation sites is 1. The highest BCUT2D eigenvalue weighted by molar-refractivity contribution is 5.92. The van der Waals surface area contributed by atoms with Crippen LogP contribution in [0.3, 0.4) is 0 Å². The summed E-state index contributed by atoms with van der Waals surface area (Å²) in [6, 6.07) is 16.5. The smallest absolute Gasteiger partial charge is 0.238 e. The van der Waals surface area contributed by atoms with Crippen LogP contribution in [-0.4, -0.2) is 53.9 Å². The van der Waals surface area contributed by atoms with Gasteiger partial charge in [0.15, 0.2) is 0 Å². The molecule has 0 aromatic heterocycles. The number of hydrogen-bond acceptors (Lipinski definition) is 5. The van der Waals surface area contributed by atoms with Gasteiger partial charge in [-0.25, -0.2) is 0 Å². The third kappa shape index (κ3) is 6.00. The Morgan fingerprint density at radius 3 is 2.08 bits per heavy atom. The van der Waals surface area contributed by atoms with E-state index in [0.717, 1.165) is 5.75 Å². The average Bonchev–Trinajstić information content (AvgIpc) is 2.58. The van der Waals surface area contributed by atoms with Crippen molar-refractivity contribution in [2.45, 2.75) is 0 Å². The molecule has 0 aliphatic rings. The van der Waals surface area contributed by atoms with Gasteiger partial charge in [0.25, 0.3) is 0 Å². The van der Waals surface area contributed by atoms with E-state index >= 15 is 0 Å². The van der Waals surface area contributed by atoms with Crippen molar-refractivity contribution in [3.05, 3.63) is 54.6 Å². The van der Waals surface area contributed by atoms with Gasteiger partial charge in [0.05, 0.1) is 19.8 Å². The number of anilines is 1. The van der Waals surface area contributed by atoms with E-state index in [2.05, 4.69) is 5.32 Å². The zero-order chi connectivity index (χ0) is 17.2. The number of nitrogens with zero attached hydrogens (tertiary/aromatic N) is 1. The molecule has 2 aromatic carbocycles. The van der Waals surface area contributed by atoms with Crippen LogP contribution in [0.2, 0.25) is 0 Å². The lowest BCUT2D eigenvalue weighted by Gasteiger charge is -2.19. The molecule has 0 unspecified atom stereocenters. The first-order valence-electron chi connectivity index (χ1n) is 7.78. The van der Waals surface area contributed by atoms with E-state index in [9.17, 15) is 4.79 Å². The zero-order valence-corrected chi connectivity index (χ0v) is 13.4. The standard InChI is InChI=1S/C18H22N2O4/c21-12-10-20(11-13-22)14-18(23)19-15-6-8-17(9-7-15)24-16-4-2-1-3-5-16/h1-9,21-22H,10-14H2,(H,19,23). The van der Waals surface area contributed by atoms with E-state index in [1.807, 2.05) is 30.3 Å². The number of ether oxygens (including phenoxy) is 1. The molecule has 6 nitrogen and oxygen atoms in total. The molecule has 2 rings (SSSR count). The van der Waals surface area contributed by atoms with Crippen molar-refractivity contribution in [3.8, 4) is 11.5 Å². The molecular weight excluding hydrogens is 308 g/mol. The number of hydrogen-bond donors (Lipinski definition) is 3. The van der Waals surface area contributed by atoms with E-state index in [1.54, 1.807) is 29.2 Å². The Bertz CT molecular complexity index is 611. The minimum atomic E-state index is -0.200. The van der Waals surface area contributed by atoms with Crippen molar-refractivity contribution in [1.29, 1.82) is 0 Å². The second-order valence-electron chi connectivity index (χ2n) is 5.21. The fourth-order valence-corrected chi connectivity index (χ4v) is 2.19. The van der Waals surface area contributed by atoms with Crippen LogP contribution in [0.25, 0.3) is 0 Å². The zero-order valence-electron chi connectivity index (χ0n) is 13.4. The molecule has 0 aliphatic carbocycles. The molecule has 6 heteroatoms. The van der Waals surface area contributed by atoms with Gasteiger partial charge >= 0.3 is 0 Å². The normalized spacial score (nSPS) is 10.6. The number of carbonyl (C=O) groups excluding carboxylic acids is 1. The number of nitrogens with one attached hydrogen (secondary N) is 1. The molecule has 0 aliphatic heterocycles. The monoisotopic (exact) mass is 330 g/mol. The molecule has 2 aromatic rings. The highest BCUT2D eigenvalue weighted by Crippen LogP contribution is 2.22.